The molecule has 0 saturated carbocycles. The van der Waals surface area contributed by atoms with E-state index in [0.29, 0.717) is 0 Å². The van der Waals surface area contributed by atoms with Crippen molar-refractivity contribution in [3.05, 3.63) is 200 Å². The number of furan rings is 1. The zero-order valence-corrected chi connectivity index (χ0v) is 32.1. The number of aromatic amines is 1. The molecule has 0 bridgehead atoms. The van der Waals surface area contributed by atoms with Crippen LogP contribution >= 0.6 is 11.3 Å². The lowest BCUT2D eigenvalue weighted by Crippen LogP contribution is -2.10. The molecule has 272 valence electrons. The molecule has 9 aromatic carbocycles. The molecule has 0 aliphatic heterocycles. The normalized spacial score (nSPS) is 11.8. The Bertz CT molecular complexity index is 3520. The van der Waals surface area contributed by atoms with Gasteiger partial charge >= 0.3 is 0 Å². The van der Waals surface area contributed by atoms with Crippen LogP contribution < -0.4 is 4.90 Å². The molecular formula is C54H34N2OS. The van der Waals surface area contributed by atoms with Crippen LogP contribution in [0.5, 0.6) is 0 Å². The van der Waals surface area contributed by atoms with Crippen molar-refractivity contribution in [1.29, 1.82) is 0 Å². The first kappa shape index (κ1) is 32.8. The van der Waals surface area contributed by atoms with Gasteiger partial charge in [0.1, 0.15) is 11.2 Å². The van der Waals surface area contributed by atoms with Gasteiger partial charge in [0.2, 0.25) is 0 Å². The van der Waals surface area contributed by atoms with Crippen molar-refractivity contribution in [3.63, 3.8) is 0 Å². The molecule has 0 saturated heterocycles. The molecule has 3 aromatic heterocycles. The van der Waals surface area contributed by atoms with Crippen LogP contribution in [0, 0.1) is 0 Å². The number of fused-ring (bicyclic) bond motifs is 9. The lowest BCUT2D eigenvalue weighted by atomic mass is 9.92. The molecule has 4 heteroatoms. The number of thiophene rings is 1. The van der Waals surface area contributed by atoms with Gasteiger partial charge in [-0.25, -0.2) is 0 Å². The lowest BCUT2D eigenvalue weighted by Gasteiger charge is -2.27. The van der Waals surface area contributed by atoms with Gasteiger partial charge in [-0.3, -0.25) is 0 Å². The summed E-state index contributed by atoms with van der Waals surface area (Å²) in [6.45, 7) is 0. The number of benzene rings is 9. The Morgan fingerprint density at radius 2 is 1.05 bits per heavy atom. The molecule has 0 unspecified atom stereocenters. The summed E-state index contributed by atoms with van der Waals surface area (Å²) in [6, 6.07) is 72.2. The van der Waals surface area contributed by atoms with Crippen molar-refractivity contribution in [1.82, 2.24) is 4.98 Å². The maximum atomic E-state index is 6.21. The molecule has 12 aromatic rings. The van der Waals surface area contributed by atoms with Crippen molar-refractivity contribution in [2.75, 3.05) is 4.90 Å². The summed E-state index contributed by atoms with van der Waals surface area (Å²) < 4.78 is 8.75. The zero-order chi connectivity index (χ0) is 38.2. The molecule has 3 heterocycles. The Kier molecular flexibility index (Phi) is 7.40. The fourth-order valence-corrected chi connectivity index (χ4v) is 10.3. The molecule has 0 atom stereocenters. The van der Waals surface area contributed by atoms with Crippen LogP contribution in [-0.2, 0) is 0 Å². The highest BCUT2D eigenvalue weighted by Gasteiger charge is 2.22. The molecule has 1 N–H and O–H groups in total. The number of hydrogen-bond donors (Lipinski definition) is 1. The number of para-hydroxylation sites is 3. The summed E-state index contributed by atoms with van der Waals surface area (Å²) in [5.41, 5.74) is 14.7. The van der Waals surface area contributed by atoms with Crippen LogP contribution in [-0.4, -0.2) is 4.98 Å². The molecule has 58 heavy (non-hydrogen) atoms. The molecule has 0 aliphatic carbocycles. The second kappa shape index (κ2) is 13.1. The maximum Gasteiger partial charge on any atom is 0.135 e. The second-order valence-corrected chi connectivity index (χ2v) is 16.0. The van der Waals surface area contributed by atoms with Gasteiger partial charge in [0, 0.05) is 69.7 Å². The molecule has 0 aliphatic rings. The van der Waals surface area contributed by atoms with E-state index in [4.69, 9.17) is 4.42 Å². The Morgan fingerprint density at radius 1 is 0.397 bits per heavy atom. The summed E-state index contributed by atoms with van der Waals surface area (Å²) >= 11 is 1.87. The fraction of sp³-hybridized carbons (Fsp3) is 0. The van der Waals surface area contributed by atoms with E-state index in [-0.39, 0.29) is 0 Å². The van der Waals surface area contributed by atoms with Gasteiger partial charge in [0.25, 0.3) is 0 Å². The number of aromatic nitrogens is 1. The molecule has 0 amide bonds. The number of nitrogens with one attached hydrogen (secondary N) is 1. The average molecular weight is 759 g/mol. The van der Waals surface area contributed by atoms with Crippen LogP contribution in [0.25, 0.3) is 97.3 Å². The first-order valence-electron chi connectivity index (χ1n) is 19.7. The van der Waals surface area contributed by atoms with Gasteiger partial charge in [-0.2, -0.15) is 0 Å². The van der Waals surface area contributed by atoms with Gasteiger partial charge < -0.3 is 14.3 Å². The lowest BCUT2D eigenvalue weighted by molar-refractivity contribution is 0.669. The first-order chi connectivity index (χ1) is 28.8. The Balaban J connectivity index is 1.04. The minimum Gasteiger partial charge on any atom is -0.456 e. The Labute approximate surface area is 338 Å². The summed E-state index contributed by atoms with van der Waals surface area (Å²) in [5.74, 6) is 0. The highest BCUT2D eigenvalue weighted by Crippen LogP contribution is 2.50. The smallest absolute Gasteiger partial charge is 0.135 e. The minimum atomic E-state index is 0.905. The fourth-order valence-electron chi connectivity index (χ4n) is 9.01. The first-order valence-corrected chi connectivity index (χ1v) is 20.5. The predicted octanol–water partition coefficient (Wildman–Crippen LogP) is 16.1. The topological polar surface area (TPSA) is 32.2 Å². The maximum absolute atomic E-state index is 6.21. The Hall–Kier alpha value is -7.40. The van der Waals surface area contributed by atoms with E-state index in [1.165, 1.54) is 64.3 Å². The highest BCUT2D eigenvalue weighted by atomic mass is 32.1. The second-order valence-electron chi connectivity index (χ2n) is 14.9. The molecule has 0 fully saturated rings. The third kappa shape index (κ3) is 5.12. The number of anilines is 3. The molecule has 0 spiro atoms. The standard InChI is InChI=1S/C54H34N2OS/c1-2-13-36(14-3-1)56(37-28-25-34(26-29-37)39-20-12-22-47-52(39)43-18-6-9-21-46(43)55-47)48-31-30-42(54-53(48)44-19-8-11-24-51(44)58-54)40-16-5-4-15-38(40)35-27-32-50-45(33-35)41-17-7-10-23-49(41)57-50/h1-33,55H. The number of rotatable bonds is 6. The van der Waals surface area contributed by atoms with Gasteiger partial charge in [0.05, 0.1) is 5.69 Å². The monoisotopic (exact) mass is 758 g/mol. The molecular weight excluding hydrogens is 725 g/mol. The average Bonchev–Trinajstić information content (AvgIpc) is 3.99. The van der Waals surface area contributed by atoms with E-state index in [2.05, 4.69) is 198 Å². The van der Waals surface area contributed by atoms with Crippen molar-refractivity contribution < 1.29 is 4.42 Å². The molecule has 0 radical (unpaired) electrons. The van der Waals surface area contributed by atoms with Crippen molar-refractivity contribution >= 4 is 92.3 Å². The Morgan fingerprint density at radius 3 is 1.93 bits per heavy atom. The third-order valence-corrected chi connectivity index (χ3v) is 12.8. The van der Waals surface area contributed by atoms with Crippen LogP contribution in [0.3, 0.4) is 0 Å². The van der Waals surface area contributed by atoms with E-state index in [0.717, 1.165) is 50.0 Å². The van der Waals surface area contributed by atoms with Crippen molar-refractivity contribution in [2.24, 2.45) is 0 Å². The molecule has 12 rings (SSSR count). The van der Waals surface area contributed by atoms with Crippen molar-refractivity contribution in [2.45, 2.75) is 0 Å². The quantitative estimate of drug-likeness (QED) is 0.183. The van der Waals surface area contributed by atoms with E-state index < -0.39 is 0 Å². The number of hydrogen-bond acceptors (Lipinski definition) is 3. The van der Waals surface area contributed by atoms with Gasteiger partial charge in [-0.1, -0.05) is 133 Å². The summed E-state index contributed by atoms with van der Waals surface area (Å²) in [6.07, 6.45) is 0. The largest absolute Gasteiger partial charge is 0.456 e. The third-order valence-electron chi connectivity index (χ3n) is 11.6. The number of nitrogens with zero attached hydrogens (tertiary/aromatic N) is 1. The van der Waals surface area contributed by atoms with Gasteiger partial charge in [0.15, 0.2) is 0 Å². The van der Waals surface area contributed by atoms with E-state index in [1.54, 1.807) is 0 Å². The SMILES string of the molecule is c1ccc(N(c2ccc(-c3cccc4[nH]c5ccccc5c34)cc2)c2ccc(-c3ccccc3-c3ccc4oc5ccccc5c4c3)c3sc4ccccc4c23)cc1. The van der Waals surface area contributed by atoms with E-state index >= 15 is 0 Å². The zero-order valence-electron chi connectivity index (χ0n) is 31.3. The van der Waals surface area contributed by atoms with E-state index in [9.17, 15) is 0 Å². The highest BCUT2D eigenvalue weighted by molar-refractivity contribution is 7.26. The minimum absolute atomic E-state index is 0.905. The van der Waals surface area contributed by atoms with Crippen LogP contribution in [0.2, 0.25) is 0 Å². The van der Waals surface area contributed by atoms with Crippen LogP contribution in [0.4, 0.5) is 17.1 Å². The van der Waals surface area contributed by atoms with Crippen molar-refractivity contribution in [3.8, 4) is 33.4 Å². The van der Waals surface area contributed by atoms with Gasteiger partial charge in [-0.05, 0) is 94.5 Å². The summed E-state index contributed by atoms with van der Waals surface area (Å²) in [7, 11) is 0. The summed E-state index contributed by atoms with van der Waals surface area (Å²) in [5, 5.41) is 7.27. The van der Waals surface area contributed by atoms with Crippen LogP contribution in [0.1, 0.15) is 0 Å². The van der Waals surface area contributed by atoms with E-state index in [1.807, 2.05) is 23.5 Å². The number of H-pyrrole nitrogens is 1. The summed E-state index contributed by atoms with van der Waals surface area (Å²) in [4.78, 5) is 6.04. The van der Waals surface area contributed by atoms with Gasteiger partial charge in [-0.15, -0.1) is 11.3 Å². The van der Waals surface area contributed by atoms with Crippen LogP contribution in [0.15, 0.2) is 205 Å². The predicted molar refractivity (Wildman–Crippen MR) is 247 cm³/mol. The molecule has 3 nitrogen and oxygen atoms in total.